The van der Waals surface area contributed by atoms with Gasteiger partial charge in [0, 0.05) is 30.2 Å². The molecule has 0 bridgehead atoms. The Bertz CT molecular complexity index is 996. The molecule has 3 heterocycles. The van der Waals surface area contributed by atoms with Crippen molar-refractivity contribution in [2.24, 2.45) is 0 Å². The van der Waals surface area contributed by atoms with E-state index >= 15 is 0 Å². The average Bonchev–Trinajstić information content (AvgIpc) is 3.24. The number of aromatic amines is 1. The molecule has 5 heteroatoms. The number of nitrogens with one attached hydrogen (secondary N) is 1. The van der Waals surface area contributed by atoms with E-state index in [0.29, 0.717) is 23.7 Å². The van der Waals surface area contributed by atoms with Crippen LogP contribution in [0.4, 0.5) is 0 Å². The van der Waals surface area contributed by atoms with E-state index in [1.54, 1.807) is 24.3 Å². The molecule has 1 aromatic heterocycles. The highest BCUT2D eigenvalue weighted by molar-refractivity contribution is 6.21. The predicted molar refractivity (Wildman–Crippen MR) is 104 cm³/mol. The quantitative estimate of drug-likeness (QED) is 0.727. The number of rotatable bonds is 3. The number of aromatic nitrogens is 1. The molecule has 0 spiro atoms. The normalized spacial score (nSPS) is 18.4. The lowest BCUT2D eigenvalue weighted by Crippen LogP contribution is -2.44. The standard InChI is InChI=1S/C22H21N3O2/c26-21-17-6-1-2-7-18(17)22(27)25(21)14-24-11-9-15(10-12-24)19-13-23-20-8-4-3-5-16(19)20/h1-8,13,15,23H,9-12,14H2. The number of imide groups is 1. The predicted octanol–water partition coefficient (Wildman–Crippen LogP) is 3.60. The minimum absolute atomic E-state index is 0.172. The summed E-state index contributed by atoms with van der Waals surface area (Å²) in [6.45, 7) is 2.15. The number of piperidine rings is 1. The van der Waals surface area contributed by atoms with E-state index in [2.05, 4.69) is 34.3 Å². The smallest absolute Gasteiger partial charge is 0.262 e. The lowest BCUT2D eigenvalue weighted by atomic mass is 9.89. The first-order valence-electron chi connectivity index (χ1n) is 9.46. The maximum Gasteiger partial charge on any atom is 0.262 e. The van der Waals surface area contributed by atoms with Crippen LogP contribution in [-0.2, 0) is 0 Å². The Morgan fingerprint density at radius 2 is 1.52 bits per heavy atom. The van der Waals surface area contributed by atoms with Gasteiger partial charge in [0.15, 0.2) is 0 Å². The molecule has 2 aliphatic rings. The summed E-state index contributed by atoms with van der Waals surface area (Å²) in [5.41, 5.74) is 3.61. The maximum absolute atomic E-state index is 12.6. The van der Waals surface area contributed by atoms with E-state index in [-0.39, 0.29) is 11.8 Å². The van der Waals surface area contributed by atoms with Crippen molar-refractivity contribution in [2.75, 3.05) is 19.8 Å². The second kappa shape index (κ2) is 6.35. The number of fused-ring (bicyclic) bond motifs is 2. The number of hydrogen-bond acceptors (Lipinski definition) is 3. The van der Waals surface area contributed by atoms with Crippen molar-refractivity contribution in [3.8, 4) is 0 Å². The van der Waals surface area contributed by atoms with Gasteiger partial charge in [-0.25, -0.2) is 0 Å². The highest BCUT2D eigenvalue weighted by atomic mass is 16.2. The average molecular weight is 359 g/mol. The molecular formula is C22H21N3O2. The van der Waals surface area contributed by atoms with Crippen LogP contribution in [0.2, 0.25) is 0 Å². The summed E-state index contributed by atoms with van der Waals surface area (Å²) in [7, 11) is 0. The molecule has 0 aliphatic carbocycles. The first-order valence-corrected chi connectivity index (χ1v) is 9.46. The molecule has 2 amide bonds. The lowest BCUT2D eigenvalue weighted by molar-refractivity contribution is 0.0511. The number of amides is 2. The van der Waals surface area contributed by atoms with Gasteiger partial charge in [-0.15, -0.1) is 0 Å². The van der Waals surface area contributed by atoms with Crippen LogP contribution in [0.3, 0.4) is 0 Å². The molecule has 0 atom stereocenters. The van der Waals surface area contributed by atoms with E-state index in [1.165, 1.54) is 21.4 Å². The summed E-state index contributed by atoms with van der Waals surface area (Å²) >= 11 is 0. The van der Waals surface area contributed by atoms with Crippen molar-refractivity contribution in [3.05, 3.63) is 71.4 Å². The molecule has 2 aromatic carbocycles. The molecule has 1 N–H and O–H groups in total. The number of hydrogen-bond donors (Lipinski definition) is 1. The molecule has 1 saturated heterocycles. The number of carbonyl (C=O) groups is 2. The zero-order chi connectivity index (χ0) is 18.4. The van der Waals surface area contributed by atoms with E-state index in [0.717, 1.165) is 25.9 Å². The molecule has 5 rings (SSSR count). The van der Waals surface area contributed by atoms with Gasteiger partial charge in [0.2, 0.25) is 0 Å². The van der Waals surface area contributed by atoms with E-state index in [4.69, 9.17) is 0 Å². The Morgan fingerprint density at radius 3 is 2.22 bits per heavy atom. The van der Waals surface area contributed by atoms with Gasteiger partial charge in [-0.2, -0.15) is 0 Å². The van der Waals surface area contributed by atoms with Gasteiger partial charge in [0.05, 0.1) is 17.8 Å². The lowest BCUT2D eigenvalue weighted by Gasteiger charge is -2.33. The molecule has 3 aromatic rings. The molecule has 136 valence electrons. The van der Waals surface area contributed by atoms with Crippen molar-refractivity contribution >= 4 is 22.7 Å². The number of carbonyl (C=O) groups excluding carboxylic acids is 2. The summed E-state index contributed by atoms with van der Waals surface area (Å²) in [6.07, 6.45) is 4.20. The molecule has 0 radical (unpaired) electrons. The highest BCUT2D eigenvalue weighted by Gasteiger charge is 2.36. The monoisotopic (exact) mass is 359 g/mol. The van der Waals surface area contributed by atoms with Crippen LogP contribution in [0.15, 0.2) is 54.7 Å². The van der Waals surface area contributed by atoms with Crippen LogP contribution >= 0.6 is 0 Å². The Morgan fingerprint density at radius 1 is 0.889 bits per heavy atom. The second-order valence-corrected chi connectivity index (χ2v) is 7.41. The van der Waals surface area contributed by atoms with Crippen LogP contribution in [0.25, 0.3) is 10.9 Å². The van der Waals surface area contributed by atoms with E-state index in [1.807, 2.05) is 6.07 Å². The van der Waals surface area contributed by atoms with Gasteiger partial charge < -0.3 is 4.98 Å². The molecule has 5 nitrogen and oxygen atoms in total. The van der Waals surface area contributed by atoms with Gasteiger partial charge in [-0.1, -0.05) is 30.3 Å². The zero-order valence-corrected chi connectivity index (χ0v) is 15.0. The first kappa shape index (κ1) is 16.3. The Balaban J connectivity index is 1.27. The first-order chi connectivity index (χ1) is 13.2. The van der Waals surface area contributed by atoms with Crippen LogP contribution in [-0.4, -0.2) is 46.4 Å². The molecular weight excluding hydrogens is 338 g/mol. The summed E-state index contributed by atoms with van der Waals surface area (Å²) in [6, 6.07) is 15.5. The third kappa shape index (κ3) is 2.66. The molecule has 27 heavy (non-hydrogen) atoms. The number of benzene rings is 2. The van der Waals surface area contributed by atoms with Crippen LogP contribution in [0, 0.1) is 0 Å². The molecule has 1 fully saturated rings. The van der Waals surface area contributed by atoms with Crippen molar-refractivity contribution in [1.82, 2.24) is 14.8 Å². The fraction of sp³-hybridized carbons (Fsp3) is 0.273. The van der Waals surface area contributed by atoms with Crippen molar-refractivity contribution in [2.45, 2.75) is 18.8 Å². The minimum Gasteiger partial charge on any atom is -0.361 e. The number of para-hydroxylation sites is 1. The van der Waals surface area contributed by atoms with Gasteiger partial charge in [-0.05, 0) is 42.5 Å². The van der Waals surface area contributed by atoms with Gasteiger partial charge >= 0.3 is 0 Å². The fourth-order valence-corrected chi connectivity index (χ4v) is 4.38. The van der Waals surface area contributed by atoms with Gasteiger partial charge in [0.25, 0.3) is 11.8 Å². The number of nitrogens with zero attached hydrogens (tertiary/aromatic N) is 2. The summed E-state index contributed by atoms with van der Waals surface area (Å²) in [5.74, 6) is 0.170. The van der Waals surface area contributed by atoms with Gasteiger partial charge in [0.1, 0.15) is 0 Å². The molecule has 2 aliphatic heterocycles. The van der Waals surface area contributed by atoms with Crippen LogP contribution in [0.1, 0.15) is 45.0 Å². The highest BCUT2D eigenvalue weighted by Crippen LogP contribution is 2.33. The summed E-state index contributed by atoms with van der Waals surface area (Å²) in [4.78, 5) is 32.1. The summed E-state index contributed by atoms with van der Waals surface area (Å²) < 4.78 is 0. The summed E-state index contributed by atoms with van der Waals surface area (Å²) in [5, 5.41) is 1.30. The third-order valence-corrected chi connectivity index (χ3v) is 5.87. The second-order valence-electron chi connectivity index (χ2n) is 7.41. The topological polar surface area (TPSA) is 56.4 Å². The van der Waals surface area contributed by atoms with E-state index in [9.17, 15) is 9.59 Å². The Labute approximate surface area is 157 Å². The Hall–Kier alpha value is -2.92. The van der Waals surface area contributed by atoms with Crippen molar-refractivity contribution in [3.63, 3.8) is 0 Å². The Kier molecular flexibility index (Phi) is 3.83. The van der Waals surface area contributed by atoms with Crippen molar-refractivity contribution < 1.29 is 9.59 Å². The largest absolute Gasteiger partial charge is 0.361 e. The molecule has 0 saturated carbocycles. The third-order valence-electron chi connectivity index (χ3n) is 5.87. The fourth-order valence-electron chi connectivity index (χ4n) is 4.38. The number of likely N-dealkylation sites (tertiary alicyclic amines) is 1. The minimum atomic E-state index is -0.172. The number of H-pyrrole nitrogens is 1. The van der Waals surface area contributed by atoms with Gasteiger partial charge in [-0.3, -0.25) is 19.4 Å². The van der Waals surface area contributed by atoms with Crippen LogP contribution < -0.4 is 0 Å². The molecule has 0 unspecified atom stereocenters. The zero-order valence-electron chi connectivity index (χ0n) is 15.0. The maximum atomic E-state index is 12.6. The van der Waals surface area contributed by atoms with E-state index < -0.39 is 0 Å². The van der Waals surface area contributed by atoms with Crippen LogP contribution in [0.5, 0.6) is 0 Å². The SMILES string of the molecule is O=C1c2ccccc2C(=O)N1CN1CCC(c2c[nH]c3ccccc23)CC1. The van der Waals surface area contributed by atoms with Crippen molar-refractivity contribution in [1.29, 1.82) is 0 Å².